The lowest BCUT2D eigenvalue weighted by atomic mass is 9.87. The molecule has 1 aliphatic heterocycles. The topological polar surface area (TPSA) is 47.3 Å². The van der Waals surface area contributed by atoms with Gasteiger partial charge in [-0.05, 0) is 26.2 Å². The second-order valence-corrected chi connectivity index (χ2v) is 6.06. The fourth-order valence-corrected chi connectivity index (χ4v) is 3.19. The molecule has 1 saturated carbocycles. The van der Waals surface area contributed by atoms with Crippen LogP contribution in [0.2, 0.25) is 0 Å². The van der Waals surface area contributed by atoms with Crippen LogP contribution in [-0.4, -0.2) is 47.9 Å². The second-order valence-electron chi connectivity index (χ2n) is 6.06. The summed E-state index contributed by atoms with van der Waals surface area (Å²) in [5.41, 5.74) is -0.838. The lowest BCUT2D eigenvalue weighted by molar-refractivity contribution is -0.140. The summed E-state index contributed by atoms with van der Waals surface area (Å²) < 4.78 is 0. The van der Waals surface area contributed by atoms with Gasteiger partial charge in [0.1, 0.15) is 5.41 Å². The van der Waals surface area contributed by atoms with E-state index in [0.29, 0.717) is 6.42 Å². The zero-order chi connectivity index (χ0) is 13.9. The van der Waals surface area contributed by atoms with Crippen molar-refractivity contribution in [1.82, 2.24) is 9.80 Å². The average molecular weight is 263 g/mol. The van der Waals surface area contributed by atoms with Gasteiger partial charge in [0, 0.05) is 32.2 Å². The number of amides is 1. The van der Waals surface area contributed by atoms with Gasteiger partial charge in [0.05, 0.1) is 6.07 Å². The Morgan fingerprint density at radius 2 is 1.84 bits per heavy atom. The summed E-state index contributed by atoms with van der Waals surface area (Å²) in [6.45, 7) is 7.19. The Kier molecular flexibility index (Phi) is 4.46. The van der Waals surface area contributed by atoms with E-state index in [4.69, 9.17) is 0 Å². The maximum absolute atomic E-state index is 12.4. The molecule has 2 aliphatic rings. The Bertz CT molecular complexity index is 362. The van der Waals surface area contributed by atoms with Crippen molar-refractivity contribution >= 4 is 5.91 Å². The zero-order valence-electron chi connectivity index (χ0n) is 12.2. The first-order valence-corrected chi connectivity index (χ1v) is 7.55. The SMILES string of the molecule is CCC(C)(C#N)C(=O)N1CCN(C2CCCC2)CC1. The first kappa shape index (κ1) is 14.3. The Morgan fingerprint density at radius 3 is 2.32 bits per heavy atom. The minimum absolute atomic E-state index is 0.0172. The van der Waals surface area contributed by atoms with Gasteiger partial charge in [0.2, 0.25) is 5.91 Å². The first-order chi connectivity index (χ1) is 9.10. The van der Waals surface area contributed by atoms with E-state index in [0.717, 1.165) is 32.2 Å². The molecule has 0 aromatic rings. The molecule has 0 spiro atoms. The molecule has 1 aliphatic carbocycles. The highest BCUT2D eigenvalue weighted by Crippen LogP contribution is 2.27. The van der Waals surface area contributed by atoms with Gasteiger partial charge in [0.25, 0.3) is 0 Å². The summed E-state index contributed by atoms with van der Waals surface area (Å²) in [5, 5.41) is 9.20. The van der Waals surface area contributed by atoms with Gasteiger partial charge in [-0.1, -0.05) is 19.8 Å². The highest BCUT2D eigenvalue weighted by atomic mass is 16.2. The van der Waals surface area contributed by atoms with E-state index >= 15 is 0 Å². The molecule has 1 saturated heterocycles. The smallest absolute Gasteiger partial charge is 0.242 e. The van der Waals surface area contributed by atoms with Crippen LogP contribution < -0.4 is 0 Å². The van der Waals surface area contributed by atoms with Crippen molar-refractivity contribution in [2.45, 2.75) is 52.0 Å². The lowest BCUT2D eigenvalue weighted by Crippen LogP contribution is -2.54. The molecule has 106 valence electrons. The molecule has 0 radical (unpaired) electrons. The molecular weight excluding hydrogens is 238 g/mol. The summed E-state index contributed by atoms with van der Waals surface area (Å²) in [4.78, 5) is 16.8. The normalized spacial score (nSPS) is 25.0. The van der Waals surface area contributed by atoms with E-state index in [-0.39, 0.29) is 5.91 Å². The Labute approximate surface area is 116 Å². The summed E-state index contributed by atoms with van der Waals surface area (Å²) in [7, 11) is 0. The molecular formula is C15H25N3O. The molecule has 0 bridgehead atoms. The van der Waals surface area contributed by atoms with E-state index in [2.05, 4.69) is 11.0 Å². The molecule has 19 heavy (non-hydrogen) atoms. The van der Waals surface area contributed by atoms with Gasteiger partial charge in [-0.15, -0.1) is 0 Å². The molecule has 4 heteroatoms. The van der Waals surface area contributed by atoms with E-state index in [9.17, 15) is 10.1 Å². The molecule has 0 N–H and O–H groups in total. The number of carbonyl (C=O) groups is 1. The molecule has 1 amide bonds. The van der Waals surface area contributed by atoms with Crippen LogP contribution in [0, 0.1) is 16.7 Å². The van der Waals surface area contributed by atoms with Crippen molar-refractivity contribution in [2.75, 3.05) is 26.2 Å². The molecule has 2 fully saturated rings. The lowest BCUT2D eigenvalue weighted by Gasteiger charge is -2.40. The van der Waals surface area contributed by atoms with Crippen LogP contribution in [0.5, 0.6) is 0 Å². The van der Waals surface area contributed by atoms with Crippen molar-refractivity contribution in [2.24, 2.45) is 5.41 Å². The molecule has 1 heterocycles. The number of hydrogen-bond acceptors (Lipinski definition) is 3. The number of rotatable bonds is 3. The molecule has 0 aromatic carbocycles. The predicted octanol–water partition coefficient (Wildman–Crippen LogP) is 2.01. The summed E-state index contributed by atoms with van der Waals surface area (Å²) in [5.74, 6) is 0.0172. The number of nitrogens with zero attached hydrogens (tertiary/aromatic N) is 3. The van der Waals surface area contributed by atoms with E-state index < -0.39 is 5.41 Å². The van der Waals surface area contributed by atoms with Gasteiger partial charge < -0.3 is 4.90 Å². The fraction of sp³-hybridized carbons (Fsp3) is 0.867. The minimum Gasteiger partial charge on any atom is -0.339 e. The monoisotopic (exact) mass is 263 g/mol. The van der Waals surface area contributed by atoms with Crippen molar-refractivity contribution in [3.8, 4) is 6.07 Å². The van der Waals surface area contributed by atoms with Gasteiger partial charge in [-0.2, -0.15) is 5.26 Å². The van der Waals surface area contributed by atoms with Gasteiger partial charge >= 0.3 is 0 Å². The van der Waals surface area contributed by atoms with Crippen molar-refractivity contribution < 1.29 is 4.79 Å². The summed E-state index contributed by atoms with van der Waals surface area (Å²) in [6.07, 6.45) is 5.93. The van der Waals surface area contributed by atoms with Crippen molar-refractivity contribution in [3.05, 3.63) is 0 Å². The van der Waals surface area contributed by atoms with Gasteiger partial charge in [0.15, 0.2) is 0 Å². The standard InChI is InChI=1S/C15H25N3O/c1-3-15(2,12-16)14(19)18-10-8-17(9-11-18)13-6-4-5-7-13/h13H,3-11H2,1-2H3. The molecule has 0 aromatic heterocycles. The maximum Gasteiger partial charge on any atom is 0.242 e. The summed E-state index contributed by atoms with van der Waals surface area (Å²) >= 11 is 0. The third-order valence-corrected chi connectivity index (χ3v) is 4.87. The fourth-order valence-electron chi connectivity index (χ4n) is 3.19. The zero-order valence-corrected chi connectivity index (χ0v) is 12.2. The Morgan fingerprint density at radius 1 is 1.26 bits per heavy atom. The van der Waals surface area contributed by atoms with Crippen molar-refractivity contribution in [1.29, 1.82) is 5.26 Å². The highest BCUT2D eigenvalue weighted by Gasteiger charge is 2.37. The van der Waals surface area contributed by atoms with E-state index in [1.54, 1.807) is 6.92 Å². The molecule has 2 rings (SSSR count). The van der Waals surface area contributed by atoms with E-state index in [1.807, 2.05) is 11.8 Å². The number of carbonyl (C=O) groups excluding carboxylic acids is 1. The van der Waals surface area contributed by atoms with Crippen LogP contribution >= 0.6 is 0 Å². The Hall–Kier alpha value is -1.08. The van der Waals surface area contributed by atoms with Crippen LogP contribution in [0.4, 0.5) is 0 Å². The van der Waals surface area contributed by atoms with Crippen LogP contribution in [0.15, 0.2) is 0 Å². The average Bonchev–Trinajstić information content (AvgIpc) is 3.00. The highest BCUT2D eigenvalue weighted by molar-refractivity contribution is 5.85. The quantitative estimate of drug-likeness (QED) is 0.782. The third-order valence-electron chi connectivity index (χ3n) is 4.87. The predicted molar refractivity (Wildman–Crippen MR) is 74.4 cm³/mol. The molecule has 1 unspecified atom stereocenters. The van der Waals surface area contributed by atoms with Crippen LogP contribution in [0.3, 0.4) is 0 Å². The van der Waals surface area contributed by atoms with Crippen LogP contribution in [0.25, 0.3) is 0 Å². The third kappa shape index (κ3) is 2.92. The second kappa shape index (κ2) is 5.92. The van der Waals surface area contributed by atoms with Gasteiger partial charge in [-0.3, -0.25) is 9.69 Å². The Balaban J connectivity index is 1.89. The minimum atomic E-state index is -0.838. The van der Waals surface area contributed by atoms with Crippen LogP contribution in [-0.2, 0) is 4.79 Å². The maximum atomic E-state index is 12.4. The van der Waals surface area contributed by atoms with Crippen LogP contribution in [0.1, 0.15) is 46.0 Å². The summed E-state index contributed by atoms with van der Waals surface area (Å²) in [6, 6.07) is 2.93. The molecule has 1 atom stereocenters. The molecule has 4 nitrogen and oxygen atoms in total. The number of hydrogen-bond donors (Lipinski definition) is 0. The number of piperazine rings is 1. The largest absolute Gasteiger partial charge is 0.339 e. The van der Waals surface area contributed by atoms with Gasteiger partial charge in [-0.25, -0.2) is 0 Å². The number of nitriles is 1. The van der Waals surface area contributed by atoms with E-state index in [1.165, 1.54) is 25.7 Å². The first-order valence-electron chi connectivity index (χ1n) is 7.55. The van der Waals surface area contributed by atoms with Crippen molar-refractivity contribution in [3.63, 3.8) is 0 Å².